The molecule has 1 N–H and O–H groups in total. The third-order valence-corrected chi connectivity index (χ3v) is 4.21. The molecule has 1 aliphatic heterocycles. The number of imide groups is 1. The topological polar surface area (TPSA) is 49.4 Å². The first kappa shape index (κ1) is 15.5. The van der Waals surface area contributed by atoms with Crippen LogP contribution in [0, 0.1) is 13.8 Å². The molecule has 1 aliphatic rings. The van der Waals surface area contributed by atoms with Crippen molar-refractivity contribution >= 4 is 17.5 Å². The second kappa shape index (κ2) is 6.29. The molecule has 1 aromatic carbocycles. The van der Waals surface area contributed by atoms with Crippen LogP contribution in [-0.4, -0.2) is 28.8 Å². The standard InChI is InChI=1S/C17H24N2O2/c1-5-13(6-2)19-16(20)10-15(17(19)21)18-14-9-11(3)7-8-12(14)4/h7-9,13,15,18H,5-6,10H2,1-4H3. The molecule has 2 rings (SSSR count). The van der Waals surface area contributed by atoms with Gasteiger partial charge >= 0.3 is 0 Å². The third kappa shape index (κ3) is 3.09. The zero-order chi connectivity index (χ0) is 15.6. The summed E-state index contributed by atoms with van der Waals surface area (Å²) < 4.78 is 0. The van der Waals surface area contributed by atoms with E-state index >= 15 is 0 Å². The number of benzene rings is 1. The Bertz CT molecular complexity index is 550. The summed E-state index contributed by atoms with van der Waals surface area (Å²) in [6, 6.07) is 5.68. The van der Waals surface area contributed by atoms with E-state index in [2.05, 4.69) is 5.32 Å². The maximum absolute atomic E-state index is 12.5. The smallest absolute Gasteiger partial charge is 0.252 e. The summed E-state index contributed by atoms with van der Waals surface area (Å²) >= 11 is 0. The van der Waals surface area contributed by atoms with Gasteiger partial charge in [-0.15, -0.1) is 0 Å². The van der Waals surface area contributed by atoms with Crippen LogP contribution in [-0.2, 0) is 9.59 Å². The van der Waals surface area contributed by atoms with Gasteiger partial charge in [0, 0.05) is 11.7 Å². The molecule has 1 fully saturated rings. The minimum absolute atomic E-state index is 0.0235. The van der Waals surface area contributed by atoms with E-state index in [4.69, 9.17) is 0 Å². The molecule has 4 heteroatoms. The zero-order valence-corrected chi connectivity index (χ0v) is 13.3. The molecule has 0 saturated carbocycles. The van der Waals surface area contributed by atoms with Gasteiger partial charge < -0.3 is 5.32 Å². The molecule has 2 amide bonds. The summed E-state index contributed by atoms with van der Waals surface area (Å²) in [5, 5.41) is 3.25. The second-order valence-electron chi connectivity index (χ2n) is 5.79. The van der Waals surface area contributed by atoms with Crippen LogP contribution in [0.25, 0.3) is 0 Å². The zero-order valence-electron chi connectivity index (χ0n) is 13.3. The Kier molecular flexibility index (Phi) is 4.66. The van der Waals surface area contributed by atoms with Gasteiger partial charge in [0.15, 0.2) is 0 Å². The SMILES string of the molecule is CCC(CC)N1C(=O)CC(Nc2cc(C)ccc2C)C1=O. The molecule has 0 bridgehead atoms. The normalized spacial score (nSPS) is 18.7. The van der Waals surface area contributed by atoms with E-state index in [1.54, 1.807) is 0 Å². The lowest BCUT2D eigenvalue weighted by Crippen LogP contribution is -2.41. The van der Waals surface area contributed by atoms with E-state index in [1.165, 1.54) is 4.90 Å². The van der Waals surface area contributed by atoms with Crippen molar-refractivity contribution < 1.29 is 9.59 Å². The van der Waals surface area contributed by atoms with Crippen LogP contribution >= 0.6 is 0 Å². The highest BCUT2D eigenvalue weighted by atomic mass is 16.2. The summed E-state index contributed by atoms with van der Waals surface area (Å²) in [6.45, 7) is 8.05. The van der Waals surface area contributed by atoms with Crippen molar-refractivity contribution in [3.63, 3.8) is 0 Å². The Labute approximate surface area is 126 Å². The molecule has 114 valence electrons. The number of hydrogen-bond acceptors (Lipinski definition) is 3. The monoisotopic (exact) mass is 288 g/mol. The van der Waals surface area contributed by atoms with Crippen LogP contribution in [0.4, 0.5) is 5.69 Å². The molecule has 0 aliphatic carbocycles. The average molecular weight is 288 g/mol. The molecule has 1 atom stereocenters. The number of carbonyl (C=O) groups is 2. The van der Waals surface area contributed by atoms with Crippen LogP contribution in [0.5, 0.6) is 0 Å². The fourth-order valence-electron chi connectivity index (χ4n) is 2.88. The highest BCUT2D eigenvalue weighted by Crippen LogP contribution is 2.25. The van der Waals surface area contributed by atoms with Crippen molar-refractivity contribution in [2.75, 3.05) is 5.32 Å². The lowest BCUT2D eigenvalue weighted by atomic mass is 10.1. The summed E-state index contributed by atoms with van der Waals surface area (Å²) in [5.74, 6) is -0.147. The lowest BCUT2D eigenvalue weighted by molar-refractivity contribution is -0.141. The molecule has 1 unspecified atom stereocenters. The van der Waals surface area contributed by atoms with Crippen LogP contribution in [0.1, 0.15) is 44.2 Å². The summed E-state index contributed by atoms with van der Waals surface area (Å²) in [6.07, 6.45) is 1.87. The number of aryl methyl sites for hydroxylation is 2. The summed E-state index contributed by atoms with van der Waals surface area (Å²) in [7, 11) is 0. The number of likely N-dealkylation sites (tertiary alicyclic amines) is 1. The van der Waals surface area contributed by atoms with Crippen molar-refractivity contribution in [2.45, 2.75) is 59.0 Å². The molecule has 21 heavy (non-hydrogen) atoms. The van der Waals surface area contributed by atoms with Crippen molar-refractivity contribution in [3.8, 4) is 0 Å². The first-order valence-corrected chi connectivity index (χ1v) is 7.67. The predicted molar refractivity (Wildman–Crippen MR) is 84.2 cm³/mol. The highest BCUT2D eigenvalue weighted by molar-refractivity contribution is 6.07. The van der Waals surface area contributed by atoms with Gasteiger partial charge in [-0.1, -0.05) is 26.0 Å². The van der Waals surface area contributed by atoms with E-state index in [0.29, 0.717) is 0 Å². The van der Waals surface area contributed by atoms with Gasteiger partial charge in [0.05, 0.1) is 6.42 Å². The molecule has 0 spiro atoms. The number of anilines is 1. The van der Waals surface area contributed by atoms with E-state index in [9.17, 15) is 9.59 Å². The van der Waals surface area contributed by atoms with Gasteiger partial charge in [0.25, 0.3) is 5.91 Å². The number of nitrogens with zero attached hydrogens (tertiary/aromatic N) is 1. The summed E-state index contributed by atoms with van der Waals surface area (Å²) in [5.41, 5.74) is 3.16. The van der Waals surface area contributed by atoms with Gasteiger partial charge in [-0.2, -0.15) is 0 Å². The maximum Gasteiger partial charge on any atom is 0.252 e. The van der Waals surface area contributed by atoms with E-state index in [-0.39, 0.29) is 24.3 Å². The Hall–Kier alpha value is -1.84. The van der Waals surface area contributed by atoms with Gasteiger partial charge in [-0.05, 0) is 43.9 Å². The molecule has 4 nitrogen and oxygen atoms in total. The fraction of sp³-hybridized carbons (Fsp3) is 0.529. The van der Waals surface area contributed by atoms with E-state index in [1.807, 2.05) is 45.9 Å². The van der Waals surface area contributed by atoms with Gasteiger partial charge in [0.1, 0.15) is 6.04 Å². The Morgan fingerprint density at radius 2 is 1.90 bits per heavy atom. The lowest BCUT2D eigenvalue weighted by Gasteiger charge is -2.24. The Morgan fingerprint density at radius 3 is 2.52 bits per heavy atom. The Balaban J connectivity index is 2.17. The number of carbonyl (C=O) groups excluding carboxylic acids is 2. The van der Waals surface area contributed by atoms with Crippen LogP contribution < -0.4 is 5.32 Å². The summed E-state index contributed by atoms with van der Waals surface area (Å²) in [4.78, 5) is 26.1. The molecule has 1 aromatic rings. The van der Waals surface area contributed by atoms with Crippen molar-refractivity contribution in [1.82, 2.24) is 4.90 Å². The largest absolute Gasteiger partial charge is 0.373 e. The number of rotatable bonds is 5. The first-order valence-electron chi connectivity index (χ1n) is 7.67. The minimum atomic E-state index is -0.432. The van der Waals surface area contributed by atoms with Gasteiger partial charge in [-0.25, -0.2) is 0 Å². The molecule has 1 heterocycles. The maximum atomic E-state index is 12.5. The Morgan fingerprint density at radius 1 is 1.24 bits per heavy atom. The fourth-order valence-corrected chi connectivity index (χ4v) is 2.88. The number of hydrogen-bond donors (Lipinski definition) is 1. The highest BCUT2D eigenvalue weighted by Gasteiger charge is 2.41. The van der Waals surface area contributed by atoms with Crippen molar-refractivity contribution in [3.05, 3.63) is 29.3 Å². The third-order valence-electron chi connectivity index (χ3n) is 4.21. The quantitative estimate of drug-likeness (QED) is 0.847. The van der Waals surface area contributed by atoms with Gasteiger partial charge in [-0.3, -0.25) is 14.5 Å². The second-order valence-corrected chi connectivity index (χ2v) is 5.79. The molecule has 0 radical (unpaired) electrons. The van der Waals surface area contributed by atoms with Crippen LogP contribution in [0.15, 0.2) is 18.2 Å². The van der Waals surface area contributed by atoms with Gasteiger partial charge in [0.2, 0.25) is 5.91 Å². The molecular formula is C17H24N2O2. The van der Waals surface area contributed by atoms with E-state index < -0.39 is 6.04 Å². The first-order chi connectivity index (χ1) is 9.97. The average Bonchev–Trinajstić information content (AvgIpc) is 2.72. The minimum Gasteiger partial charge on any atom is -0.373 e. The number of amides is 2. The van der Waals surface area contributed by atoms with Crippen molar-refractivity contribution in [2.24, 2.45) is 0 Å². The molecule has 1 saturated heterocycles. The van der Waals surface area contributed by atoms with E-state index in [0.717, 1.165) is 29.7 Å². The molecule has 0 aromatic heterocycles. The molecular weight excluding hydrogens is 264 g/mol. The predicted octanol–water partition coefficient (Wildman–Crippen LogP) is 3.03. The van der Waals surface area contributed by atoms with Crippen molar-refractivity contribution in [1.29, 1.82) is 0 Å². The number of nitrogens with one attached hydrogen (secondary N) is 1. The van der Waals surface area contributed by atoms with Crippen LogP contribution in [0.2, 0.25) is 0 Å². The van der Waals surface area contributed by atoms with Crippen LogP contribution in [0.3, 0.4) is 0 Å².